The van der Waals surface area contributed by atoms with Gasteiger partial charge in [0.1, 0.15) is 0 Å². The monoisotopic (exact) mass is 270 g/mol. The van der Waals surface area contributed by atoms with Crippen LogP contribution in [0.15, 0.2) is 18.2 Å². The normalized spacial score (nSPS) is 14.7. The summed E-state index contributed by atoms with van der Waals surface area (Å²) in [7, 11) is 0. The largest absolute Gasteiger partial charge is 0.417 e. The molecule has 0 saturated carbocycles. The molecule has 0 heterocycles. The first-order valence-electron chi connectivity index (χ1n) is 5.35. The van der Waals surface area contributed by atoms with Crippen LogP contribution in [0.5, 0.6) is 0 Å². The molecule has 1 unspecified atom stereocenters. The molecule has 0 amide bonds. The summed E-state index contributed by atoms with van der Waals surface area (Å²) in [6.45, 7) is 3.43. The molecule has 0 aliphatic carbocycles. The molecule has 0 N–H and O–H groups in total. The molecule has 0 bridgehead atoms. The summed E-state index contributed by atoms with van der Waals surface area (Å²) in [5.74, 6) is -0.214. The predicted molar refractivity (Wildman–Crippen MR) is 55.2 cm³/mol. The zero-order valence-corrected chi connectivity index (χ0v) is 9.78. The molecule has 0 fully saturated rings. The van der Waals surface area contributed by atoms with E-state index in [0.717, 1.165) is 6.07 Å². The minimum absolute atomic E-state index is 0.214. The van der Waals surface area contributed by atoms with E-state index in [1.54, 1.807) is 13.8 Å². The van der Waals surface area contributed by atoms with Gasteiger partial charge >= 0.3 is 12.4 Å². The van der Waals surface area contributed by atoms with Gasteiger partial charge in [0.25, 0.3) is 0 Å². The van der Waals surface area contributed by atoms with Crippen LogP contribution < -0.4 is 0 Å². The Bertz CT molecular complexity index is 416. The van der Waals surface area contributed by atoms with E-state index in [1.165, 1.54) is 0 Å². The maximum atomic E-state index is 12.6. The second-order valence-corrected chi connectivity index (χ2v) is 4.11. The van der Waals surface area contributed by atoms with Crippen LogP contribution in [0.4, 0.5) is 26.3 Å². The highest BCUT2D eigenvalue weighted by atomic mass is 19.4. The maximum absolute atomic E-state index is 12.6. The van der Waals surface area contributed by atoms with Crippen molar-refractivity contribution in [2.75, 3.05) is 0 Å². The summed E-state index contributed by atoms with van der Waals surface area (Å²) < 4.78 is 75.4. The first kappa shape index (κ1) is 14.9. The molecule has 0 aromatic heterocycles. The summed E-state index contributed by atoms with van der Waals surface area (Å²) in [5, 5.41) is 0. The molecule has 0 radical (unpaired) electrons. The van der Waals surface area contributed by atoms with Crippen molar-refractivity contribution in [3.8, 4) is 0 Å². The smallest absolute Gasteiger partial charge is 0.166 e. The highest BCUT2D eigenvalue weighted by molar-refractivity contribution is 5.37. The number of rotatable bonds is 2. The van der Waals surface area contributed by atoms with E-state index in [9.17, 15) is 26.3 Å². The fourth-order valence-electron chi connectivity index (χ4n) is 1.59. The number of benzene rings is 1. The Balaban J connectivity index is 3.40. The van der Waals surface area contributed by atoms with E-state index >= 15 is 0 Å². The van der Waals surface area contributed by atoms with Crippen LogP contribution in [-0.2, 0) is 12.4 Å². The van der Waals surface area contributed by atoms with Gasteiger partial charge in [0, 0.05) is 0 Å². The standard InChI is InChI=1S/C12H12F6/c1-3-7(2)8-4-5-9(11(13,14)15)10(6-8)12(16,17)18/h4-7H,3H2,1-2H3. The summed E-state index contributed by atoms with van der Waals surface area (Å²) in [5.41, 5.74) is -2.99. The predicted octanol–water partition coefficient (Wildman–Crippen LogP) is 5.24. The quantitative estimate of drug-likeness (QED) is 0.645. The molecule has 102 valence electrons. The summed E-state index contributed by atoms with van der Waals surface area (Å²) in [6, 6.07) is 2.20. The average molecular weight is 270 g/mol. The van der Waals surface area contributed by atoms with Gasteiger partial charge in [-0.3, -0.25) is 0 Å². The lowest BCUT2D eigenvalue weighted by molar-refractivity contribution is -0.162. The van der Waals surface area contributed by atoms with Gasteiger partial charge in [-0.2, -0.15) is 26.3 Å². The summed E-state index contributed by atoms with van der Waals surface area (Å²) in [6.07, 6.45) is -9.45. The molecule has 0 saturated heterocycles. The Morgan fingerprint density at radius 1 is 0.944 bits per heavy atom. The average Bonchev–Trinajstić information content (AvgIpc) is 2.24. The molecule has 0 aliphatic rings. The van der Waals surface area contributed by atoms with Gasteiger partial charge < -0.3 is 0 Å². The topological polar surface area (TPSA) is 0 Å². The van der Waals surface area contributed by atoms with Crippen molar-refractivity contribution in [2.45, 2.75) is 38.5 Å². The Labute approximate surface area is 101 Å². The molecule has 18 heavy (non-hydrogen) atoms. The molecule has 0 nitrogen and oxygen atoms in total. The van der Waals surface area contributed by atoms with Crippen LogP contribution in [0.25, 0.3) is 0 Å². The number of hydrogen-bond acceptors (Lipinski definition) is 0. The highest BCUT2D eigenvalue weighted by Crippen LogP contribution is 2.41. The first-order chi connectivity index (χ1) is 8.07. The molecule has 1 rings (SSSR count). The third-order valence-corrected chi connectivity index (χ3v) is 2.84. The Morgan fingerprint density at radius 2 is 1.44 bits per heavy atom. The van der Waals surface area contributed by atoms with Crippen LogP contribution in [0.2, 0.25) is 0 Å². The number of halogens is 6. The van der Waals surface area contributed by atoms with Gasteiger partial charge in [0.2, 0.25) is 0 Å². The van der Waals surface area contributed by atoms with Crippen molar-refractivity contribution < 1.29 is 26.3 Å². The third kappa shape index (κ3) is 3.17. The maximum Gasteiger partial charge on any atom is 0.417 e. The van der Waals surface area contributed by atoms with Crippen molar-refractivity contribution in [1.82, 2.24) is 0 Å². The first-order valence-corrected chi connectivity index (χ1v) is 5.35. The molecule has 1 aromatic rings. The van der Waals surface area contributed by atoms with Crippen molar-refractivity contribution in [3.63, 3.8) is 0 Å². The van der Waals surface area contributed by atoms with E-state index in [1.807, 2.05) is 0 Å². The van der Waals surface area contributed by atoms with Crippen LogP contribution in [-0.4, -0.2) is 0 Å². The lowest BCUT2D eigenvalue weighted by Gasteiger charge is -2.18. The van der Waals surface area contributed by atoms with Gasteiger partial charge in [0.05, 0.1) is 11.1 Å². The molecule has 1 aromatic carbocycles. The summed E-state index contributed by atoms with van der Waals surface area (Å²) in [4.78, 5) is 0. The van der Waals surface area contributed by atoms with E-state index in [0.29, 0.717) is 18.6 Å². The Morgan fingerprint density at radius 3 is 1.83 bits per heavy atom. The fraction of sp³-hybridized carbons (Fsp3) is 0.500. The van der Waals surface area contributed by atoms with Gasteiger partial charge in [-0.1, -0.05) is 19.9 Å². The SMILES string of the molecule is CCC(C)c1ccc(C(F)(F)F)c(C(F)(F)F)c1. The minimum atomic E-state index is -5.01. The highest BCUT2D eigenvalue weighted by Gasteiger charge is 2.43. The molecule has 0 aliphatic heterocycles. The van der Waals surface area contributed by atoms with Crippen molar-refractivity contribution >= 4 is 0 Å². The van der Waals surface area contributed by atoms with Crippen molar-refractivity contribution in [1.29, 1.82) is 0 Å². The summed E-state index contributed by atoms with van der Waals surface area (Å²) >= 11 is 0. The van der Waals surface area contributed by atoms with Crippen LogP contribution in [0, 0.1) is 0 Å². The van der Waals surface area contributed by atoms with Gasteiger partial charge in [-0.05, 0) is 30.0 Å². The molecular formula is C12H12F6. The van der Waals surface area contributed by atoms with Crippen molar-refractivity contribution in [2.24, 2.45) is 0 Å². The van der Waals surface area contributed by atoms with E-state index in [-0.39, 0.29) is 11.5 Å². The van der Waals surface area contributed by atoms with Crippen LogP contribution >= 0.6 is 0 Å². The number of hydrogen-bond donors (Lipinski definition) is 0. The lowest BCUT2D eigenvalue weighted by Crippen LogP contribution is -2.17. The van der Waals surface area contributed by atoms with Gasteiger partial charge in [-0.25, -0.2) is 0 Å². The molecule has 6 heteroatoms. The number of alkyl halides is 6. The molecule has 1 atom stereocenters. The van der Waals surface area contributed by atoms with Gasteiger partial charge in [0.15, 0.2) is 0 Å². The van der Waals surface area contributed by atoms with Crippen LogP contribution in [0.3, 0.4) is 0 Å². The lowest BCUT2D eigenvalue weighted by atomic mass is 9.94. The Kier molecular flexibility index (Phi) is 3.98. The fourth-order valence-corrected chi connectivity index (χ4v) is 1.59. The van der Waals surface area contributed by atoms with Gasteiger partial charge in [-0.15, -0.1) is 0 Å². The zero-order valence-electron chi connectivity index (χ0n) is 9.78. The zero-order chi connectivity index (χ0) is 14.1. The molecular weight excluding hydrogens is 258 g/mol. The Hall–Kier alpha value is -1.20. The van der Waals surface area contributed by atoms with Crippen molar-refractivity contribution in [3.05, 3.63) is 34.9 Å². The van der Waals surface area contributed by atoms with E-state index in [4.69, 9.17) is 0 Å². The third-order valence-electron chi connectivity index (χ3n) is 2.84. The van der Waals surface area contributed by atoms with Crippen LogP contribution in [0.1, 0.15) is 42.9 Å². The second-order valence-electron chi connectivity index (χ2n) is 4.11. The second kappa shape index (κ2) is 4.82. The van der Waals surface area contributed by atoms with E-state index < -0.39 is 23.5 Å². The minimum Gasteiger partial charge on any atom is -0.166 e. The van der Waals surface area contributed by atoms with E-state index in [2.05, 4.69) is 0 Å². The molecule has 0 spiro atoms.